The topological polar surface area (TPSA) is 131 Å². The van der Waals surface area contributed by atoms with Crippen LogP contribution in [-0.2, 0) is 4.79 Å². The quantitative estimate of drug-likeness (QED) is 0.515. The lowest BCUT2D eigenvalue weighted by Crippen LogP contribution is -2.54. The molecular weight excluding hydrogens is 386 g/mol. The van der Waals surface area contributed by atoms with E-state index in [2.05, 4.69) is 15.3 Å². The molecule has 0 atom stereocenters. The monoisotopic (exact) mass is 399 g/mol. The fourth-order valence-corrected chi connectivity index (χ4v) is 3.41. The van der Waals surface area contributed by atoms with Gasteiger partial charge in [0.05, 0.1) is 17.7 Å². The molecule has 28 heavy (non-hydrogen) atoms. The molecule has 0 unspecified atom stereocenters. The van der Waals surface area contributed by atoms with Crippen molar-refractivity contribution in [3.8, 4) is 11.3 Å². The van der Waals surface area contributed by atoms with Crippen LogP contribution >= 0.6 is 11.3 Å². The van der Waals surface area contributed by atoms with Crippen molar-refractivity contribution in [2.45, 2.75) is 0 Å². The highest BCUT2D eigenvalue weighted by atomic mass is 32.1. The minimum absolute atomic E-state index is 0.119. The number of carbonyl (C=O) groups excluding carboxylic acids is 2. The number of hydrogen-bond donors (Lipinski definition) is 1. The summed E-state index contributed by atoms with van der Waals surface area (Å²) in [5, 5.41) is 15.7. The number of furan rings is 1. The number of hydrogen-bond acceptors (Lipinski definition) is 8. The van der Waals surface area contributed by atoms with E-state index in [0.717, 1.165) is 17.3 Å². The van der Waals surface area contributed by atoms with Crippen molar-refractivity contribution in [2.24, 2.45) is 5.92 Å². The van der Waals surface area contributed by atoms with Crippen LogP contribution in [0.3, 0.4) is 0 Å². The van der Waals surface area contributed by atoms with Crippen molar-refractivity contribution >= 4 is 34.2 Å². The van der Waals surface area contributed by atoms with E-state index in [9.17, 15) is 19.7 Å². The number of amides is 2. The number of rotatable bonds is 5. The minimum atomic E-state index is -0.711. The van der Waals surface area contributed by atoms with Gasteiger partial charge in [0.2, 0.25) is 5.91 Å². The van der Waals surface area contributed by atoms with Crippen LogP contribution in [0, 0.1) is 16.0 Å². The highest BCUT2D eigenvalue weighted by Gasteiger charge is 2.37. The number of anilines is 1. The molecular formula is C17H13N5O5S. The van der Waals surface area contributed by atoms with Crippen LogP contribution in [0.5, 0.6) is 0 Å². The molecule has 11 heteroatoms. The second kappa shape index (κ2) is 7.19. The zero-order chi connectivity index (χ0) is 19.7. The van der Waals surface area contributed by atoms with Gasteiger partial charge < -0.3 is 14.6 Å². The van der Waals surface area contributed by atoms with Gasteiger partial charge in [-0.1, -0.05) is 0 Å². The van der Waals surface area contributed by atoms with Crippen molar-refractivity contribution in [3.05, 3.63) is 57.9 Å². The fourth-order valence-electron chi connectivity index (χ4n) is 2.69. The van der Waals surface area contributed by atoms with Gasteiger partial charge >= 0.3 is 5.88 Å². The van der Waals surface area contributed by atoms with Crippen LogP contribution in [0.1, 0.15) is 10.6 Å². The van der Waals surface area contributed by atoms with Gasteiger partial charge in [-0.05, 0) is 18.2 Å². The van der Waals surface area contributed by atoms with E-state index in [1.54, 1.807) is 18.5 Å². The van der Waals surface area contributed by atoms with Crippen molar-refractivity contribution < 1.29 is 18.9 Å². The lowest BCUT2D eigenvalue weighted by molar-refractivity contribution is -0.402. The third-order valence-corrected chi connectivity index (χ3v) is 4.97. The molecule has 0 spiro atoms. The van der Waals surface area contributed by atoms with Gasteiger partial charge in [-0.25, -0.2) is 4.98 Å². The number of nitrogens with zero attached hydrogens (tertiary/aromatic N) is 4. The Morgan fingerprint density at radius 2 is 2.14 bits per heavy atom. The number of nitro groups is 1. The summed E-state index contributed by atoms with van der Waals surface area (Å²) in [6.07, 6.45) is 3.36. The van der Waals surface area contributed by atoms with E-state index in [1.807, 2.05) is 11.4 Å². The van der Waals surface area contributed by atoms with Crippen LogP contribution in [0.15, 0.2) is 46.5 Å². The van der Waals surface area contributed by atoms with Gasteiger partial charge in [-0.2, -0.15) is 0 Å². The average molecular weight is 399 g/mol. The highest BCUT2D eigenvalue weighted by molar-refractivity contribution is 7.14. The summed E-state index contributed by atoms with van der Waals surface area (Å²) in [6.45, 7) is 0.417. The maximum Gasteiger partial charge on any atom is 0.433 e. The SMILES string of the molecule is O=C(Nc1nc(-c2cccnc2)cs1)C1CN(C(=O)c2ccc([N+](=O)[O-])o2)C1. The van der Waals surface area contributed by atoms with Crippen LogP contribution in [0.25, 0.3) is 11.3 Å². The number of aromatic nitrogens is 2. The van der Waals surface area contributed by atoms with E-state index >= 15 is 0 Å². The normalized spacial score (nSPS) is 13.8. The largest absolute Gasteiger partial charge is 0.433 e. The van der Waals surface area contributed by atoms with Crippen LogP contribution in [0.4, 0.5) is 11.0 Å². The van der Waals surface area contributed by atoms with E-state index in [4.69, 9.17) is 4.42 Å². The number of pyridine rings is 1. The molecule has 142 valence electrons. The summed E-state index contributed by atoms with van der Waals surface area (Å²) in [6, 6.07) is 6.06. The second-order valence-corrected chi connectivity index (χ2v) is 6.93. The van der Waals surface area contributed by atoms with Gasteiger partial charge in [-0.15, -0.1) is 11.3 Å². The Kier molecular flexibility index (Phi) is 4.57. The molecule has 1 saturated heterocycles. The molecule has 2 amide bonds. The Morgan fingerprint density at radius 1 is 1.32 bits per heavy atom. The van der Waals surface area contributed by atoms with E-state index in [0.29, 0.717) is 5.13 Å². The Bertz CT molecular complexity index is 1040. The van der Waals surface area contributed by atoms with E-state index in [1.165, 1.54) is 22.3 Å². The molecule has 1 aliphatic rings. The molecule has 4 heterocycles. The maximum atomic E-state index is 12.3. The molecule has 1 N–H and O–H groups in total. The Labute approximate surface area is 162 Å². The first kappa shape index (κ1) is 17.8. The zero-order valence-corrected chi connectivity index (χ0v) is 15.1. The number of likely N-dealkylation sites (tertiary alicyclic amines) is 1. The van der Waals surface area contributed by atoms with Gasteiger partial charge in [-0.3, -0.25) is 24.7 Å². The molecule has 0 aromatic carbocycles. The molecule has 3 aromatic rings. The highest BCUT2D eigenvalue weighted by Crippen LogP contribution is 2.26. The van der Waals surface area contributed by atoms with Gasteiger partial charge in [0, 0.05) is 36.4 Å². The van der Waals surface area contributed by atoms with Crippen molar-refractivity contribution in [1.82, 2.24) is 14.9 Å². The molecule has 1 aliphatic heterocycles. The van der Waals surface area contributed by atoms with Crippen LogP contribution in [0.2, 0.25) is 0 Å². The molecule has 0 saturated carbocycles. The zero-order valence-electron chi connectivity index (χ0n) is 14.3. The summed E-state index contributed by atoms with van der Waals surface area (Å²) in [5.41, 5.74) is 1.57. The van der Waals surface area contributed by atoms with E-state index < -0.39 is 16.7 Å². The Balaban J connectivity index is 1.32. The third-order valence-electron chi connectivity index (χ3n) is 4.21. The summed E-state index contributed by atoms with van der Waals surface area (Å²) in [7, 11) is 0. The Morgan fingerprint density at radius 3 is 2.82 bits per heavy atom. The summed E-state index contributed by atoms with van der Waals surface area (Å²) in [4.78, 5) is 44.3. The lowest BCUT2D eigenvalue weighted by Gasteiger charge is -2.37. The molecule has 0 bridgehead atoms. The number of carbonyl (C=O) groups is 2. The van der Waals surface area contributed by atoms with Crippen molar-refractivity contribution in [2.75, 3.05) is 18.4 Å². The smallest absolute Gasteiger partial charge is 0.395 e. The van der Waals surface area contributed by atoms with Gasteiger partial charge in [0.15, 0.2) is 10.9 Å². The van der Waals surface area contributed by atoms with Crippen LogP contribution < -0.4 is 5.32 Å². The number of nitrogens with one attached hydrogen (secondary N) is 1. The van der Waals surface area contributed by atoms with Crippen molar-refractivity contribution in [3.63, 3.8) is 0 Å². The van der Waals surface area contributed by atoms with Gasteiger partial charge in [0.1, 0.15) is 4.92 Å². The molecule has 0 aliphatic carbocycles. The fraction of sp³-hybridized carbons (Fsp3) is 0.176. The van der Waals surface area contributed by atoms with Crippen molar-refractivity contribution in [1.29, 1.82) is 0 Å². The first-order chi connectivity index (χ1) is 13.5. The van der Waals surface area contributed by atoms with Gasteiger partial charge in [0.25, 0.3) is 5.91 Å². The van der Waals surface area contributed by atoms with E-state index in [-0.39, 0.29) is 30.7 Å². The minimum Gasteiger partial charge on any atom is -0.395 e. The predicted molar refractivity (Wildman–Crippen MR) is 98.7 cm³/mol. The first-order valence-corrected chi connectivity index (χ1v) is 9.09. The van der Waals surface area contributed by atoms with Crippen LogP contribution in [-0.4, -0.2) is 44.7 Å². The second-order valence-electron chi connectivity index (χ2n) is 6.07. The lowest BCUT2D eigenvalue weighted by atomic mass is 9.99. The average Bonchev–Trinajstić information content (AvgIpc) is 3.31. The summed E-state index contributed by atoms with van der Waals surface area (Å²) < 4.78 is 4.90. The number of thiazole rings is 1. The predicted octanol–water partition coefficient (Wildman–Crippen LogP) is 2.42. The molecule has 0 radical (unpaired) electrons. The third kappa shape index (κ3) is 3.47. The summed E-state index contributed by atoms with van der Waals surface area (Å²) in [5.74, 6) is -1.70. The molecule has 4 rings (SSSR count). The first-order valence-electron chi connectivity index (χ1n) is 8.21. The molecule has 3 aromatic heterocycles. The molecule has 1 fully saturated rings. The Hall–Kier alpha value is -3.60. The standard InChI is InChI=1S/C17H13N5O5S/c23-15(20-17-19-12(9-28-17)10-2-1-5-18-6-10)11-7-21(8-11)16(24)13-3-4-14(27-13)22(25)26/h1-6,9,11H,7-8H2,(H,19,20,23). The molecule has 10 nitrogen and oxygen atoms in total. The maximum absolute atomic E-state index is 12.3. The summed E-state index contributed by atoms with van der Waals surface area (Å²) >= 11 is 1.30.